The van der Waals surface area contributed by atoms with E-state index in [0.29, 0.717) is 15.7 Å². The molecule has 2 rings (SSSR count). The van der Waals surface area contributed by atoms with Crippen molar-refractivity contribution in [1.82, 2.24) is 0 Å². The van der Waals surface area contributed by atoms with E-state index < -0.39 is 11.1 Å². The van der Waals surface area contributed by atoms with Gasteiger partial charge >= 0.3 is 0 Å². The van der Waals surface area contributed by atoms with Crippen molar-refractivity contribution in [3.05, 3.63) is 22.7 Å². The zero-order valence-electron chi connectivity index (χ0n) is 7.49. The first-order valence-electron chi connectivity index (χ1n) is 4.18. The van der Waals surface area contributed by atoms with Crippen LogP contribution in [0.15, 0.2) is 17.0 Å². The van der Waals surface area contributed by atoms with Crippen molar-refractivity contribution in [2.24, 2.45) is 0 Å². The summed E-state index contributed by atoms with van der Waals surface area (Å²) in [4.78, 5) is 0.325. The second-order valence-corrected chi connectivity index (χ2v) is 4.65. The SMILES string of the molecule is CC1Cc2cc(S(=O)O)cc(Cl)c2O1. The highest BCUT2D eigenvalue weighted by atomic mass is 35.5. The number of hydrogen-bond acceptors (Lipinski definition) is 2. The van der Waals surface area contributed by atoms with Gasteiger partial charge in [-0.05, 0) is 19.1 Å². The van der Waals surface area contributed by atoms with E-state index in [9.17, 15) is 4.21 Å². The zero-order valence-corrected chi connectivity index (χ0v) is 9.06. The number of hydrogen-bond donors (Lipinski definition) is 1. The van der Waals surface area contributed by atoms with Gasteiger partial charge in [0.25, 0.3) is 0 Å². The van der Waals surface area contributed by atoms with Crippen LogP contribution in [0, 0.1) is 0 Å². The second kappa shape index (κ2) is 3.53. The first kappa shape index (κ1) is 9.96. The van der Waals surface area contributed by atoms with Crippen molar-refractivity contribution in [2.75, 3.05) is 0 Å². The molecule has 5 heteroatoms. The van der Waals surface area contributed by atoms with Gasteiger partial charge in [0.15, 0.2) is 11.1 Å². The Bertz CT molecular complexity index is 405. The molecule has 0 aliphatic carbocycles. The van der Waals surface area contributed by atoms with Crippen molar-refractivity contribution in [2.45, 2.75) is 24.3 Å². The molecule has 0 saturated heterocycles. The molecule has 14 heavy (non-hydrogen) atoms. The van der Waals surface area contributed by atoms with Gasteiger partial charge in [0, 0.05) is 12.0 Å². The molecule has 0 saturated carbocycles. The average molecular weight is 233 g/mol. The fourth-order valence-electron chi connectivity index (χ4n) is 1.56. The summed E-state index contributed by atoms with van der Waals surface area (Å²) in [6.45, 7) is 1.94. The molecule has 76 valence electrons. The molecule has 1 N–H and O–H groups in total. The van der Waals surface area contributed by atoms with E-state index in [0.717, 1.165) is 12.0 Å². The molecule has 0 amide bonds. The Morgan fingerprint density at radius 1 is 1.64 bits per heavy atom. The van der Waals surface area contributed by atoms with Gasteiger partial charge in [-0.15, -0.1) is 0 Å². The summed E-state index contributed by atoms with van der Waals surface area (Å²) in [7, 11) is 0. The van der Waals surface area contributed by atoms with Gasteiger partial charge in [-0.25, -0.2) is 4.21 Å². The maximum atomic E-state index is 10.8. The minimum Gasteiger partial charge on any atom is -0.489 e. The third-order valence-corrected chi connectivity index (χ3v) is 3.04. The maximum Gasteiger partial charge on any atom is 0.186 e. The molecule has 1 aliphatic rings. The van der Waals surface area contributed by atoms with Crippen LogP contribution in [-0.4, -0.2) is 14.9 Å². The first-order chi connectivity index (χ1) is 6.58. The minimum atomic E-state index is -1.98. The van der Waals surface area contributed by atoms with Crippen molar-refractivity contribution < 1.29 is 13.5 Å². The summed E-state index contributed by atoms with van der Waals surface area (Å²) in [5.74, 6) is 0.647. The van der Waals surface area contributed by atoms with E-state index in [1.54, 1.807) is 6.07 Å². The quantitative estimate of drug-likeness (QED) is 0.756. The van der Waals surface area contributed by atoms with Crippen LogP contribution in [-0.2, 0) is 17.5 Å². The molecule has 0 fully saturated rings. The van der Waals surface area contributed by atoms with Crippen LogP contribution in [0.3, 0.4) is 0 Å². The van der Waals surface area contributed by atoms with Crippen molar-refractivity contribution in [3.63, 3.8) is 0 Å². The zero-order chi connectivity index (χ0) is 10.3. The fourth-order valence-corrected chi connectivity index (χ4v) is 2.37. The van der Waals surface area contributed by atoms with E-state index in [1.807, 2.05) is 6.92 Å². The smallest absolute Gasteiger partial charge is 0.186 e. The van der Waals surface area contributed by atoms with Gasteiger partial charge in [0.1, 0.15) is 11.9 Å². The first-order valence-corrected chi connectivity index (χ1v) is 5.66. The Morgan fingerprint density at radius 2 is 2.36 bits per heavy atom. The summed E-state index contributed by atoms with van der Waals surface area (Å²) in [5.41, 5.74) is 0.905. The van der Waals surface area contributed by atoms with E-state index in [-0.39, 0.29) is 6.10 Å². The lowest BCUT2D eigenvalue weighted by atomic mass is 10.1. The predicted molar refractivity (Wildman–Crippen MR) is 54.3 cm³/mol. The summed E-state index contributed by atoms with van der Waals surface area (Å²) in [5, 5.41) is 0.407. The van der Waals surface area contributed by atoms with E-state index in [4.69, 9.17) is 20.9 Å². The molecule has 1 heterocycles. The molecule has 1 aromatic rings. The largest absolute Gasteiger partial charge is 0.489 e. The Kier molecular flexibility index (Phi) is 2.51. The lowest BCUT2D eigenvalue weighted by molar-refractivity contribution is 0.255. The summed E-state index contributed by atoms with van der Waals surface area (Å²) in [6.07, 6.45) is 0.824. The standard InChI is InChI=1S/C9H9ClO3S/c1-5-2-6-3-7(14(11)12)4-8(10)9(6)13-5/h3-5H,2H2,1H3,(H,11,12). The van der Waals surface area contributed by atoms with E-state index in [2.05, 4.69) is 0 Å². The summed E-state index contributed by atoms with van der Waals surface area (Å²) >= 11 is 3.93. The molecular weight excluding hydrogens is 224 g/mol. The van der Waals surface area contributed by atoms with Gasteiger partial charge in [0.2, 0.25) is 0 Å². The predicted octanol–water partition coefficient (Wildman–Crippen LogP) is 2.24. The van der Waals surface area contributed by atoms with E-state index in [1.165, 1.54) is 6.07 Å². The van der Waals surface area contributed by atoms with Crippen molar-refractivity contribution in [1.29, 1.82) is 0 Å². The number of fused-ring (bicyclic) bond motifs is 1. The van der Waals surface area contributed by atoms with Crippen molar-refractivity contribution >= 4 is 22.7 Å². The number of ether oxygens (including phenoxy) is 1. The lowest BCUT2D eigenvalue weighted by Crippen LogP contribution is -2.05. The van der Waals surface area contributed by atoms with Gasteiger partial charge in [0.05, 0.1) is 9.92 Å². The van der Waals surface area contributed by atoms with Gasteiger partial charge in [-0.1, -0.05) is 11.6 Å². The van der Waals surface area contributed by atoms with E-state index >= 15 is 0 Å². The molecule has 0 radical (unpaired) electrons. The Morgan fingerprint density at radius 3 is 3.00 bits per heavy atom. The monoisotopic (exact) mass is 232 g/mol. The fraction of sp³-hybridized carbons (Fsp3) is 0.333. The average Bonchev–Trinajstić information content (AvgIpc) is 2.45. The maximum absolute atomic E-state index is 10.8. The highest BCUT2D eigenvalue weighted by Crippen LogP contribution is 2.37. The van der Waals surface area contributed by atoms with Crippen molar-refractivity contribution in [3.8, 4) is 5.75 Å². The molecule has 0 spiro atoms. The van der Waals surface area contributed by atoms with Gasteiger partial charge < -0.3 is 9.29 Å². The molecule has 3 nitrogen and oxygen atoms in total. The molecule has 0 bridgehead atoms. The highest BCUT2D eigenvalue weighted by Gasteiger charge is 2.23. The van der Waals surface area contributed by atoms with Gasteiger partial charge in [-0.2, -0.15) is 0 Å². The lowest BCUT2D eigenvalue weighted by Gasteiger charge is -2.05. The number of benzene rings is 1. The Labute approximate surface area is 89.3 Å². The minimum absolute atomic E-state index is 0.0879. The molecule has 1 aliphatic heterocycles. The van der Waals surface area contributed by atoms with Crippen LogP contribution in [0.1, 0.15) is 12.5 Å². The molecule has 1 aromatic carbocycles. The van der Waals surface area contributed by atoms with Gasteiger partial charge in [-0.3, -0.25) is 0 Å². The third-order valence-electron chi connectivity index (χ3n) is 2.12. The Hall–Kier alpha value is -0.580. The van der Waals surface area contributed by atoms with Crippen LogP contribution >= 0.6 is 11.6 Å². The van der Waals surface area contributed by atoms with Crippen LogP contribution in [0.25, 0.3) is 0 Å². The summed E-state index contributed by atoms with van der Waals surface area (Å²) < 4.78 is 25.2. The second-order valence-electron chi connectivity index (χ2n) is 3.28. The number of rotatable bonds is 1. The van der Waals surface area contributed by atoms with Crippen LogP contribution < -0.4 is 4.74 Å². The highest BCUT2D eigenvalue weighted by molar-refractivity contribution is 7.79. The molecule has 2 atom stereocenters. The van der Waals surface area contributed by atoms with Crippen LogP contribution in [0.2, 0.25) is 5.02 Å². The summed E-state index contributed by atoms with van der Waals surface area (Å²) in [6, 6.07) is 3.13. The normalized spacial score (nSPS) is 21.5. The molecular formula is C9H9ClO3S. The topological polar surface area (TPSA) is 46.5 Å². The van der Waals surface area contributed by atoms with Crippen LogP contribution in [0.5, 0.6) is 5.75 Å². The molecule has 0 aromatic heterocycles. The molecule has 2 unspecified atom stereocenters. The van der Waals surface area contributed by atoms with Crippen LogP contribution in [0.4, 0.5) is 0 Å². The third kappa shape index (κ3) is 1.65. The Balaban J connectivity index is 2.51. The number of halogens is 1.